The van der Waals surface area contributed by atoms with Crippen LogP contribution in [-0.4, -0.2) is 25.1 Å². The molecule has 0 amide bonds. The fraction of sp³-hybridized carbons (Fsp3) is 0.440. The van der Waals surface area contributed by atoms with Crippen molar-refractivity contribution in [1.82, 2.24) is 0 Å². The zero-order valence-electron chi connectivity index (χ0n) is 17.4. The average molecular weight is 599 g/mol. The van der Waals surface area contributed by atoms with E-state index in [1.54, 1.807) is 5.57 Å². The van der Waals surface area contributed by atoms with E-state index in [1.165, 1.54) is 39.6 Å². The Hall–Kier alpha value is -0.400. The number of rotatable bonds is 5. The first-order valence-electron chi connectivity index (χ1n) is 10.1. The molecule has 0 spiro atoms. The Morgan fingerprint density at radius 1 is 1.00 bits per heavy atom. The largest absolute Gasteiger partial charge is 1.00 e. The van der Waals surface area contributed by atoms with Crippen LogP contribution in [0.4, 0.5) is 0 Å². The Bertz CT molecular complexity index is 864. The minimum atomic E-state index is 0. The molecule has 3 heteroatoms. The van der Waals surface area contributed by atoms with E-state index in [2.05, 4.69) is 105 Å². The van der Waals surface area contributed by atoms with Gasteiger partial charge < -0.3 is 28.5 Å². The highest BCUT2D eigenvalue weighted by Gasteiger charge is 2.50. The lowest BCUT2D eigenvalue weighted by Crippen LogP contribution is -3.00. The zero-order valence-corrected chi connectivity index (χ0v) is 21.7. The van der Waals surface area contributed by atoms with Crippen LogP contribution in [0, 0.1) is 20.8 Å². The molecule has 3 aliphatic rings. The third-order valence-corrected chi connectivity index (χ3v) is 7.81. The van der Waals surface area contributed by atoms with E-state index in [1.807, 2.05) is 0 Å². The molecule has 3 aliphatic carbocycles. The van der Waals surface area contributed by atoms with Crippen molar-refractivity contribution < 1.29 is 28.5 Å². The molecule has 0 heterocycles. The number of hydrogen-bond acceptors (Lipinski definition) is 0. The van der Waals surface area contributed by atoms with Gasteiger partial charge in [0.25, 0.3) is 0 Å². The van der Waals surface area contributed by atoms with E-state index < -0.39 is 0 Å². The number of likely N-dealkylation sites (N-methyl/N-ethyl adjacent to an activating group) is 1. The Balaban J connectivity index is 0.00000225. The Labute approximate surface area is 201 Å². The van der Waals surface area contributed by atoms with Crippen LogP contribution in [0.3, 0.4) is 0 Å². The lowest BCUT2D eigenvalue weighted by Gasteiger charge is -2.55. The second-order valence-corrected chi connectivity index (χ2v) is 11.0. The number of halogens is 2. The van der Waals surface area contributed by atoms with Gasteiger partial charge in [-0.15, -0.1) is 0 Å². The van der Waals surface area contributed by atoms with Gasteiger partial charge in [-0.1, -0.05) is 62.4 Å². The number of allylic oxidation sites excluding steroid dienone is 1. The molecule has 5 rings (SSSR count). The van der Waals surface area contributed by atoms with Crippen molar-refractivity contribution in [2.24, 2.45) is 17.3 Å². The van der Waals surface area contributed by atoms with Crippen molar-refractivity contribution >= 4 is 22.6 Å². The molecule has 0 unspecified atom stereocenters. The third kappa shape index (κ3) is 4.51. The standard InChI is InChI=1S/C25H31IN.HI/c1-25(2)21-13-19(14-22(25)15-21)17-27(3,4)16-18-9-11-20(12-10-18)23-7-5-6-8-24(23)26;/h5-13,21-22H,14-17H2,1-4H3;1H/q+1;/p-1/t21-,22+;/m0./s1. The Morgan fingerprint density at radius 3 is 2.25 bits per heavy atom. The van der Waals surface area contributed by atoms with E-state index in [0.717, 1.165) is 22.9 Å². The van der Waals surface area contributed by atoms with Crippen LogP contribution in [-0.2, 0) is 6.54 Å². The van der Waals surface area contributed by atoms with Crippen LogP contribution < -0.4 is 24.0 Å². The lowest BCUT2D eigenvalue weighted by molar-refractivity contribution is -0.899. The Kier molecular flexibility index (Phi) is 6.67. The maximum Gasteiger partial charge on any atom is 0.104 e. The molecule has 0 aromatic heterocycles. The van der Waals surface area contributed by atoms with Gasteiger partial charge in [0, 0.05) is 9.13 Å². The highest BCUT2D eigenvalue weighted by atomic mass is 127. The molecule has 28 heavy (non-hydrogen) atoms. The first-order chi connectivity index (χ1) is 12.7. The van der Waals surface area contributed by atoms with Crippen molar-refractivity contribution in [2.45, 2.75) is 33.2 Å². The third-order valence-electron chi connectivity index (χ3n) is 6.87. The second kappa shape index (κ2) is 8.38. The van der Waals surface area contributed by atoms with Crippen molar-refractivity contribution in [3.8, 4) is 11.1 Å². The summed E-state index contributed by atoms with van der Waals surface area (Å²) in [6.45, 7) is 7.17. The summed E-state index contributed by atoms with van der Waals surface area (Å²) in [6.07, 6.45) is 5.35. The number of nitrogens with zero attached hydrogens (tertiary/aromatic N) is 1. The minimum absolute atomic E-state index is 0. The molecule has 2 atom stereocenters. The molecule has 2 aromatic carbocycles. The van der Waals surface area contributed by atoms with Crippen LogP contribution in [0.25, 0.3) is 11.1 Å². The highest BCUT2D eigenvalue weighted by molar-refractivity contribution is 14.1. The molecule has 0 aliphatic heterocycles. The summed E-state index contributed by atoms with van der Waals surface area (Å²) >= 11 is 2.42. The molecule has 1 nitrogen and oxygen atoms in total. The van der Waals surface area contributed by atoms with Crippen molar-refractivity contribution in [3.05, 3.63) is 69.3 Å². The maximum absolute atomic E-state index is 2.61. The Morgan fingerprint density at radius 2 is 1.68 bits per heavy atom. The van der Waals surface area contributed by atoms with Crippen LogP contribution >= 0.6 is 22.6 Å². The van der Waals surface area contributed by atoms with Crippen molar-refractivity contribution in [1.29, 1.82) is 0 Å². The summed E-state index contributed by atoms with van der Waals surface area (Å²) in [7, 11) is 4.75. The van der Waals surface area contributed by atoms with Crippen molar-refractivity contribution in [2.75, 3.05) is 20.6 Å². The lowest BCUT2D eigenvalue weighted by atomic mass is 9.50. The second-order valence-electron chi connectivity index (χ2n) is 9.82. The van der Waals surface area contributed by atoms with Gasteiger partial charge in [0.1, 0.15) is 13.1 Å². The minimum Gasteiger partial charge on any atom is -1.00 e. The number of benzene rings is 2. The van der Waals surface area contributed by atoms with E-state index in [9.17, 15) is 0 Å². The molecule has 0 radical (unpaired) electrons. The molecule has 1 saturated carbocycles. The van der Waals surface area contributed by atoms with Crippen LogP contribution in [0.1, 0.15) is 32.3 Å². The summed E-state index contributed by atoms with van der Waals surface area (Å²) in [5.41, 5.74) is 6.30. The predicted molar refractivity (Wildman–Crippen MR) is 123 cm³/mol. The van der Waals surface area contributed by atoms with E-state index >= 15 is 0 Å². The molecule has 150 valence electrons. The van der Waals surface area contributed by atoms with Gasteiger partial charge in [-0.25, -0.2) is 0 Å². The molecular weight excluding hydrogens is 568 g/mol. The summed E-state index contributed by atoms with van der Waals surface area (Å²) in [6, 6.07) is 17.8. The highest BCUT2D eigenvalue weighted by Crippen LogP contribution is 2.58. The molecule has 0 N–H and O–H groups in total. The normalized spacial score (nSPS) is 22.7. The molecule has 1 fully saturated rings. The van der Waals surface area contributed by atoms with Gasteiger partial charge >= 0.3 is 0 Å². The maximum atomic E-state index is 2.61. The molecule has 2 aromatic rings. The summed E-state index contributed by atoms with van der Waals surface area (Å²) < 4.78 is 2.35. The van der Waals surface area contributed by atoms with Crippen LogP contribution in [0.2, 0.25) is 0 Å². The molecular formula is C25H31I2N. The molecule has 0 saturated heterocycles. The first kappa shape index (κ1) is 22.3. The van der Waals surface area contributed by atoms with Gasteiger partial charge in [0.2, 0.25) is 0 Å². The number of quaternary nitrogens is 1. The summed E-state index contributed by atoms with van der Waals surface area (Å²) in [4.78, 5) is 0. The topological polar surface area (TPSA) is 0 Å². The van der Waals surface area contributed by atoms with Gasteiger partial charge in [0.15, 0.2) is 0 Å². The monoisotopic (exact) mass is 599 g/mol. The van der Waals surface area contributed by atoms with Crippen LogP contribution in [0.15, 0.2) is 60.2 Å². The fourth-order valence-electron chi connectivity index (χ4n) is 5.06. The first-order valence-corrected chi connectivity index (χ1v) is 11.2. The van der Waals surface area contributed by atoms with Gasteiger partial charge in [-0.05, 0) is 75.4 Å². The smallest absolute Gasteiger partial charge is 0.104 e. The SMILES string of the molecule is CC1(C)[C@@H]2CC(C[N+](C)(C)Cc3ccc(-c4ccccc4I)cc3)=C[C@H]1C2.[I-]. The fourth-order valence-corrected chi connectivity index (χ4v) is 5.76. The van der Waals surface area contributed by atoms with E-state index in [0.29, 0.717) is 5.41 Å². The van der Waals surface area contributed by atoms with Crippen molar-refractivity contribution in [3.63, 3.8) is 0 Å². The number of fused-ring (bicyclic) bond motifs is 1. The molecule has 2 bridgehead atoms. The summed E-state index contributed by atoms with van der Waals surface area (Å²) in [5.74, 6) is 1.73. The van der Waals surface area contributed by atoms with E-state index in [-0.39, 0.29) is 24.0 Å². The quantitative estimate of drug-likeness (QED) is 0.281. The van der Waals surface area contributed by atoms with Gasteiger partial charge in [-0.2, -0.15) is 0 Å². The van der Waals surface area contributed by atoms with E-state index in [4.69, 9.17) is 0 Å². The summed E-state index contributed by atoms with van der Waals surface area (Å²) in [5, 5.41) is 0. The number of hydrogen-bond donors (Lipinski definition) is 0. The zero-order chi connectivity index (χ0) is 19.2. The average Bonchev–Trinajstić information content (AvgIpc) is 2.62. The van der Waals surface area contributed by atoms with Gasteiger partial charge in [-0.3, -0.25) is 0 Å². The predicted octanol–water partition coefficient (Wildman–Crippen LogP) is 3.53. The van der Waals surface area contributed by atoms with Gasteiger partial charge in [0.05, 0.1) is 14.1 Å². The van der Waals surface area contributed by atoms with Crippen LogP contribution in [0.5, 0.6) is 0 Å².